The minimum atomic E-state index is -1.11. The molecule has 1 rings (SSSR count). The summed E-state index contributed by atoms with van der Waals surface area (Å²) in [4.78, 5) is 9.46. The fraction of sp³-hybridized carbons (Fsp3) is 0.875. The highest BCUT2D eigenvalue weighted by Crippen LogP contribution is 2.18. The molecule has 96 valence electrons. The first-order chi connectivity index (χ1) is 7.42. The maximum absolute atomic E-state index is 9.46. The first-order valence-electron chi connectivity index (χ1n) is 4.57. The van der Waals surface area contributed by atoms with Gasteiger partial charge in [0.1, 0.15) is 18.1 Å². The standard InChI is InChI=1S/C6H12O5.C2H4ClNO/c7-2-4-6(10)3(8)1-5(9)11-4;3-1-2(4)5/h3-10H,1-2H2;1H2,(H2,4,5)/t3-,4?,5-,6+;/m1./s1. The average molecular weight is 258 g/mol. The number of carbonyl (C=O) groups is 1. The van der Waals surface area contributed by atoms with Crippen LogP contribution in [0.15, 0.2) is 0 Å². The largest absolute Gasteiger partial charge is 0.394 e. The summed E-state index contributed by atoms with van der Waals surface area (Å²) in [5.41, 5.74) is 4.52. The Bertz CT molecular complexity index is 217. The Morgan fingerprint density at radius 2 is 1.94 bits per heavy atom. The van der Waals surface area contributed by atoms with Crippen LogP contribution in [0.25, 0.3) is 0 Å². The molecule has 1 aliphatic heterocycles. The number of carbonyl (C=O) groups excluding carboxylic acids is 1. The van der Waals surface area contributed by atoms with E-state index < -0.39 is 37.1 Å². The Morgan fingerprint density at radius 3 is 2.31 bits per heavy atom. The van der Waals surface area contributed by atoms with Crippen LogP contribution in [0.4, 0.5) is 0 Å². The molecule has 0 radical (unpaired) electrons. The second-order valence-electron chi connectivity index (χ2n) is 3.21. The fourth-order valence-corrected chi connectivity index (χ4v) is 1.08. The highest BCUT2D eigenvalue weighted by Gasteiger charge is 2.35. The number of amides is 1. The van der Waals surface area contributed by atoms with Crippen LogP contribution in [0.5, 0.6) is 0 Å². The lowest BCUT2D eigenvalue weighted by Gasteiger charge is -2.33. The van der Waals surface area contributed by atoms with Crippen molar-refractivity contribution in [3.63, 3.8) is 0 Å². The van der Waals surface area contributed by atoms with Crippen molar-refractivity contribution in [2.75, 3.05) is 12.5 Å². The van der Waals surface area contributed by atoms with Gasteiger partial charge in [-0.25, -0.2) is 0 Å². The third-order valence-corrected chi connectivity index (χ3v) is 2.13. The van der Waals surface area contributed by atoms with E-state index in [0.717, 1.165) is 0 Å². The van der Waals surface area contributed by atoms with Crippen molar-refractivity contribution in [3.8, 4) is 0 Å². The quantitative estimate of drug-likeness (QED) is 0.348. The number of rotatable bonds is 2. The average Bonchev–Trinajstić information content (AvgIpc) is 2.24. The summed E-state index contributed by atoms with van der Waals surface area (Å²) in [6.07, 6.45) is -4.11. The van der Waals surface area contributed by atoms with Crippen molar-refractivity contribution < 1.29 is 30.0 Å². The van der Waals surface area contributed by atoms with E-state index in [0.29, 0.717) is 0 Å². The van der Waals surface area contributed by atoms with Crippen molar-refractivity contribution in [1.29, 1.82) is 0 Å². The molecule has 16 heavy (non-hydrogen) atoms. The molecule has 0 aromatic carbocycles. The van der Waals surface area contributed by atoms with Gasteiger partial charge in [-0.3, -0.25) is 4.79 Å². The smallest absolute Gasteiger partial charge is 0.232 e. The molecule has 0 spiro atoms. The number of nitrogens with two attached hydrogens (primary N) is 1. The predicted molar refractivity (Wildman–Crippen MR) is 54.5 cm³/mol. The molecule has 1 fully saturated rings. The van der Waals surface area contributed by atoms with Gasteiger partial charge in [-0.05, 0) is 0 Å². The van der Waals surface area contributed by atoms with Crippen molar-refractivity contribution >= 4 is 17.5 Å². The maximum Gasteiger partial charge on any atom is 0.232 e. The van der Waals surface area contributed by atoms with Gasteiger partial charge in [-0.2, -0.15) is 0 Å². The van der Waals surface area contributed by atoms with E-state index in [4.69, 9.17) is 36.8 Å². The number of primary amides is 1. The zero-order valence-corrected chi connectivity index (χ0v) is 9.25. The minimum absolute atomic E-state index is 0.0162. The second kappa shape index (κ2) is 7.77. The van der Waals surface area contributed by atoms with Crippen LogP contribution in [0.3, 0.4) is 0 Å². The molecule has 1 unspecified atom stereocenters. The Hall–Kier alpha value is -0.440. The van der Waals surface area contributed by atoms with E-state index in [2.05, 4.69) is 5.73 Å². The van der Waals surface area contributed by atoms with Gasteiger partial charge in [-0.15, -0.1) is 11.6 Å². The molecule has 0 bridgehead atoms. The summed E-state index contributed by atoms with van der Waals surface area (Å²) < 4.78 is 4.71. The molecule has 6 N–H and O–H groups in total. The molecular weight excluding hydrogens is 242 g/mol. The van der Waals surface area contributed by atoms with E-state index in [9.17, 15) is 4.79 Å². The number of ether oxygens (including phenoxy) is 1. The third-order valence-electron chi connectivity index (χ3n) is 1.86. The number of aliphatic hydroxyl groups excluding tert-OH is 4. The molecule has 0 aromatic heterocycles. The van der Waals surface area contributed by atoms with Crippen LogP contribution < -0.4 is 5.73 Å². The second-order valence-corrected chi connectivity index (χ2v) is 3.47. The Morgan fingerprint density at radius 1 is 1.44 bits per heavy atom. The van der Waals surface area contributed by atoms with Gasteiger partial charge >= 0.3 is 0 Å². The maximum atomic E-state index is 9.46. The summed E-state index contributed by atoms with van der Waals surface area (Å²) in [5.74, 6) is -0.563. The normalized spacial score (nSPS) is 33.8. The zero-order valence-electron chi connectivity index (χ0n) is 8.49. The molecule has 1 aliphatic rings. The minimum Gasteiger partial charge on any atom is -0.394 e. The van der Waals surface area contributed by atoms with Gasteiger partial charge in [0, 0.05) is 6.42 Å². The Labute approximate surface area is 97.4 Å². The molecule has 4 atom stereocenters. The van der Waals surface area contributed by atoms with Gasteiger partial charge in [0.15, 0.2) is 6.29 Å². The van der Waals surface area contributed by atoms with Crippen molar-refractivity contribution in [1.82, 2.24) is 0 Å². The van der Waals surface area contributed by atoms with E-state index >= 15 is 0 Å². The molecule has 0 saturated carbocycles. The summed E-state index contributed by atoms with van der Waals surface area (Å²) in [7, 11) is 0. The summed E-state index contributed by atoms with van der Waals surface area (Å²) in [5, 5.41) is 35.6. The van der Waals surface area contributed by atoms with Crippen LogP contribution in [0.1, 0.15) is 6.42 Å². The van der Waals surface area contributed by atoms with Crippen molar-refractivity contribution in [2.24, 2.45) is 5.73 Å². The number of halogens is 1. The topological polar surface area (TPSA) is 133 Å². The summed E-state index contributed by atoms with van der Waals surface area (Å²) >= 11 is 4.86. The van der Waals surface area contributed by atoms with Crippen molar-refractivity contribution in [2.45, 2.75) is 31.0 Å². The van der Waals surface area contributed by atoms with Gasteiger partial charge in [0.2, 0.25) is 5.91 Å². The number of hydrogen-bond acceptors (Lipinski definition) is 6. The number of aliphatic hydroxyl groups is 4. The van der Waals surface area contributed by atoms with Crippen LogP contribution >= 0.6 is 11.6 Å². The van der Waals surface area contributed by atoms with E-state index in [-0.39, 0.29) is 12.3 Å². The Kier molecular flexibility index (Phi) is 7.56. The molecule has 1 heterocycles. The molecule has 0 aromatic rings. The lowest BCUT2D eigenvalue weighted by molar-refractivity contribution is -0.239. The molecule has 1 saturated heterocycles. The van der Waals surface area contributed by atoms with E-state index in [1.165, 1.54) is 0 Å². The van der Waals surface area contributed by atoms with Crippen LogP contribution in [-0.4, -0.2) is 63.4 Å². The number of hydrogen-bond donors (Lipinski definition) is 5. The monoisotopic (exact) mass is 257 g/mol. The van der Waals surface area contributed by atoms with Gasteiger partial charge in [-0.1, -0.05) is 0 Å². The highest BCUT2D eigenvalue weighted by molar-refractivity contribution is 6.27. The van der Waals surface area contributed by atoms with Gasteiger partial charge in [0.25, 0.3) is 0 Å². The molecular formula is C8H16ClNO6. The highest BCUT2D eigenvalue weighted by atomic mass is 35.5. The van der Waals surface area contributed by atoms with E-state index in [1.54, 1.807) is 0 Å². The van der Waals surface area contributed by atoms with E-state index in [1.807, 2.05) is 0 Å². The predicted octanol–water partition coefficient (Wildman–Crippen LogP) is -2.48. The zero-order chi connectivity index (χ0) is 12.7. The first-order valence-corrected chi connectivity index (χ1v) is 5.10. The summed E-state index contributed by atoms with van der Waals surface area (Å²) in [6, 6.07) is 0. The SMILES string of the molecule is NC(=O)CCl.OCC1O[C@@H](O)C[C@@H](O)[C@@H]1O. The van der Waals surface area contributed by atoms with Gasteiger partial charge in [0.05, 0.1) is 12.7 Å². The van der Waals surface area contributed by atoms with Crippen LogP contribution in [0, 0.1) is 0 Å². The fourth-order valence-electron chi connectivity index (χ4n) is 1.08. The molecule has 8 heteroatoms. The summed E-state index contributed by atoms with van der Waals surface area (Å²) in [6.45, 7) is -0.407. The number of alkyl halides is 1. The Balaban J connectivity index is 0.000000385. The van der Waals surface area contributed by atoms with Crippen LogP contribution in [0.2, 0.25) is 0 Å². The lowest BCUT2D eigenvalue weighted by Crippen LogP contribution is -2.49. The molecule has 1 amide bonds. The van der Waals surface area contributed by atoms with Crippen molar-refractivity contribution in [3.05, 3.63) is 0 Å². The lowest BCUT2D eigenvalue weighted by atomic mass is 10.0. The molecule has 7 nitrogen and oxygen atoms in total. The third kappa shape index (κ3) is 5.59. The molecule has 0 aliphatic carbocycles. The van der Waals surface area contributed by atoms with Gasteiger partial charge < -0.3 is 30.9 Å². The first kappa shape index (κ1) is 15.6. The van der Waals surface area contributed by atoms with Crippen LogP contribution in [-0.2, 0) is 9.53 Å².